The molecule has 1 aromatic carbocycles. The summed E-state index contributed by atoms with van der Waals surface area (Å²) < 4.78 is 14.9. The van der Waals surface area contributed by atoms with E-state index in [-0.39, 0.29) is 12.4 Å². The lowest BCUT2D eigenvalue weighted by atomic mass is 10.2. The molecule has 0 radical (unpaired) electrons. The highest BCUT2D eigenvalue weighted by Gasteiger charge is 2.14. The van der Waals surface area contributed by atoms with Crippen LogP contribution in [0.25, 0.3) is 11.4 Å². The van der Waals surface area contributed by atoms with Gasteiger partial charge in [-0.1, -0.05) is 23.7 Å². The highest BCUT2D eigenvalue weighted by atomic mass is 35.5. The first-order valence-corrected chi connectivity index (χ1v) is 5.59. The minimum absolute atomic E-state index is 0.00183. The smallest absolute Gasteiger partial charge is 0.151 e. The van der Waals surface area contributed by atoms with Crippen molar-refractivity contribution in [1.82, 2.24) is 9.55 Å². The Morgan fingerprint density at radius 1 is 1.47 bits per heavy atom. The van der Waals surface area contributed by atoms with E-state index in [1.54, 1.807) is 23.7 Å². The molecule has 0 amide bonds. The normalized spacial score (nSPS) is 10.8. The standard InChI is InChI=1S/C12H12ClFN2O/c1-16-10(5-6-17)11(13)15-12(16)8-3-2-4-9(14)7-8/h2-4,7,17H,5-6H2,1H3. The van der Waals surface area contributed by atoms with Crippen molar-refractivity contribution in [2.45, 2.75) is 6.42 Å². The van der Waals surface area contributed by atoms with Gasteiger partial charge in [-0.25, -0.2) is 9.37 Å². The Morgan fingerprint density at radius 3 is 2.88 bits per heavy atom. The molecule has 0 saturated heterocycles. The van der Waals surface area contributed by atoms with Gasteiger partial charge in [0.1, 0.15) is 11.6 Å². The highest BCUT2D eigenvalue weighted by molar-refractivity contribution is 6.30. The summed E-state index contributed by atoms with van der Waals surface area (Å²) in [6, 6.07) is 6.17. The highest BCUT2D eigenvalue weighted by Crippen LogP contribution is 2.25. The number of halogens is 2. The van der Waals surface area contributed by atoms with E-state index in [1.807, 2.05) is 0 Å². The second-order valence-electron chi connectivity index (χ2n) is 3.72. The summed E-state index contributed by atoms with van der Waals surface area (Å²) in [6.07, 6.45) is 0.428. The molecule has 1 heterocycles. The largest absolute Gasteiger partial charge is 0.396 e. The molecule has 2 rings (SSSR count). The van der Waals surface area contributed by atoms with E-state index < -0.39 is 0 Å². The molecule has 0 unspecified atom stereocenters. The molecule has 90 valence electrons. The molecule has 0 aliphatic rings. The quantitative estimate of drug-likeness (QED) is 0.914. The maximum atomic E-state index is 13.1. The van der Waals surface area contributed by atoms with Crippen LogP contribution in [0.2, 0.25) is 5.15 Å². The summed E-state index contributed by atoms with van der Waals surface area (Å²) in [5.41, 5.74) is 1.41. The Morgan fingerprint density at radius 2 is 2.24 bits per heavy atom. The van der Waals surface area contributed by atoms with Crippen molar-refractivity contribution in [2.75, 3.05) is 6.61 Å². The second kappa shape index (κ2) is 4.85. The average molecular weight is 255 g/mol. The number of imidazole rings is 1. The summed E-state index contributed by atoms with van der Waals surface area (Å²) in [4.78, 5) is 4.19. The molecule has 5 heteroatoms. The number of benzene rings is 1. The molecular weight excluding hydrogens is 243 g/mol. The molecule has 17 heavy (non-hydrogen) atoms. The first-order valence-electron chi connectivity index (χ1n) is 5.21. The summed E-state index contributed by atoms with van der Waals surface area (Å²) >= 11 is 5.98. The van der Waals surface area contributed by atoms with Gasteiger partial charge < -0.3 is 9.67 Å². The van der Waals surface area contributed by atoms with Crippen molar-refractivity contribution < 1.29 is 9.50 Å². The Balaban J connectivity index is 2.50. The van der Waals surface area contributed by atoms with Crippen LogP contribution in [0.3, 0.4) is 0 Å². The van der Waals surface area contributed by atoms with E-state index >= 15 is 0 Å². The third kappa shape index (κ3) is 2.33. The van der Waals surface area contributed by atoms with Crippen molar-refractivity contribution in [3.8, 4) is 11.4 Å². The topological polar surface area (TPSA) is 38.0 Å². The van der Waals surface area contributed by atoms with E-state index in [1.165, 1.54) is 12.1 Å². The van der Waals surface area contributed by atoms with Gasteiger partial charge in [0.05, 0.1) is 5.69 Å². The molecule has 2 aromatic rings. The molecule has 0 bridgehead atoms. The van der Waals surface area contributed by atoms with Crippen LogP contribution >= 0.6 is 11.6 Å². The van der Waals surface area contributed by atoms with Crippen molar-refractivity contribution in [3.05, 3.63) is 40.9 Å². The van der Waals surface area contributed by atoms with Gasteiger partial charge >= 0.3 is 0 Å². The third-order valence-corrected chi connectivity index (χ3v) is 2.90. The maximum absolute atomic E-state index is 13.1. The third-order valence-electron chi connectivity index (χ3n) is 2.60. The summed E-state index contributed by atoms with van der Waals surface area (Å²) in [7, 11) is 1.80. The maximum Gasteiger partial charge on any atom is 0.151 e. The Hall–Kier alpha value is -1.39. The van der Waals surface area contributed by atoms with Crippen molar-refractivity contribution >= 4 is 11.6 Å². The number of hydrogen-bond donors (Lipinski definition) is 1. The van der Waals surface area contributed by atoms with Gasteiger partial charge in [0.2, 0.25) is 0 Å². The number of hydrogen-bond acceptors (Lipinski definition) is 2. The molecule has 0 saturated carbocycles. The Bertz CT molecular complexity index is 539. The zero-order valence-corrected chi connectivity index (χ0v) is 10.1. The number of aliphatic hydroxyl groups excluding tert-OH is 1. The fraction of sp³-hybridized carbons (Fsp3) is 0.250. The van der Waals surface area contributed by atoms with E-state index in [4.69, 9.17) is 16.7 Å². The van der Waals surface area contributed by atoms with Gasteiger partial charge in [-0.05, 0) is 12.1 Å². The van der Waals surface area contributed by atoms with Gasteiger partial charge in [0, 0.05) is 25.6 Å². The SMILES string of the molecule is Cn1c(-c2cccc(F)c2)nc(Cl)c1CCO. The van der Waals surface area contributed by atoms with Gasteiger partial charge in [-0.3, -0.25) is 0 Å². The number of nitrogens with zero attached hydrogens (tertiary/aromatic N) is 2. The van der Waals surface area contributed by atoms with Crippen LogP contribution in [-0.4, -0.2) is 21.3 Å². The van der Waals surface area contributed by atoms with Gasteiger partial charge in [-0.15, -0.1) is 0 Å². The van der Waals surface area contributed by atoms with Crippen LogP contribution in [0.5, 0.6) is 0 Å². The van der Waals surface area contributed by atoms with Crippen LogP contribution < -0.4 is 0 Å². The molecular formula is C12H12ClFN2O. The monoisotopic (exact) mass is 254 g/mol. The molecule has 0 atom stereocenters. The molecule has 3 nitrogen and oxygen atoms in total. The van der Waals surface area contributed by atoms with E-state index in [0.717, 1.165) is 5.69 Å². The molecule has 0 spiro atoms. The van der Waals surface area contributed by atoms with Crippen LogP contribution in [0.4, 0.5) is 4.39 Å². The summed E-state index contributed by atoms with van der Waals surface area (Å²) in [5, 5.41) is 9.28. The Labute approximate surface area is 103 Å². The number of rotatable bonds is 3. The fourth-order valence-electron chi connectivity index (χ4n) is 1.76. The zero-order chi connectivity index (χ0) is 12.4. The van der Waals surface area contributed by atoms with Crippen molar-refractivity contribution in [3.63, 3.8) is 0 Å². The van der Waals surface area contributed by atoms with Crippen LogP contribution in [0.15, 0.2) is 24.3 Å². The van der Waals surface area contributed by atoms with Gasteiger partial charge in [0.15, 0.2) is 5.15 Å². The average Bonchev–Trinajstić information content (AvgIpc) is 2.57. The van der Waals surface area contributed by atoms with Crippen molar-refractivity contribution in [2.24, 2.45) is 7.05 Å². The first kappa shape index (κ1) is 12.1. The molecule has 1 N–H and O–H groups in total. The van der Waals surface area contributed by atoms with Crippen molar-refractivity contribution in [1.29, 1.82) is 0 Å². The molecule has 1 aromatic heterocycles. The molecule has 0 aliphatic carbocycles. The Kier molecular flexibility index (Phi) is 3.45. The zero-order valence-electron chi connectivity index (χ0n) is 9.32. The molecule has 0 fully saturated rings. The number of aliphatic hydroxyl groups is 1. The fourth-order valence-corrected chi connectivity index (χ4v) is 2.06. The minimum atomic E-state index is -0.315. The summed E-state index contributed by atoms with van der Waals surface area (Å²) in [5.74, 6) is 0.281. The van der Waals surface area contributed by atoms with Crippen LogP contribution in [-0.2, 0) is 13.5 Å². The summed E-state index contributed by atoms with van der Waals surface area (Å²) in [6.45, 7) is 0.00183. The molecule has 0 aliphatic heterocycles. The lowest BCUT2D eigenvalue weighted by Gasteiger charge is -2.04. The van der Waals surface area contributed by atoms with Gasteiger partial charge in [0.25, 0.3) is 0 Å². The van der Waals surface area contributed by atoms with Crippen LogP contribution in [0.1, 0.15) is 5.69 Å². The first-order chi connectivity index (χ1) is 8.13. The van der Waals surface area contributed by atoms with E-state index in [0.29, 0.717) is 23.0 Å². The van der Waals surface area contributed by atoms with Gasteiger partial charge in [-0.2, -0.15) is 0 Å². The minimum Gasteiger partial charge on any atom is -0.396 e. The predicted octanol–water partition coefficient (Wildman–Crippen LogP) is 2.41. The number of aromatic nitrogens is 2. The lowest BCUT2D eigenvalue weighted by molar-refractivity contribution is 0.297. The lowest BCUT2D eigenvalue weighted by Crippen LogP contribution is -2.01. The predicted molar refractivity (Wildman–Crippen MR) is 64.4 cm³/mol. The van der Waals surface area contributed by atoms with E-state index in [9.17, 15) is 4.39 Å². The van der Waals surface area contributed by atoms with E-state index in [2.05, 4.69) is 4.98 Å². The second-order valence-corrected chi connectivity index (χ2v) is 4.07. The van der Waals surface area contributed by atoms with Crippen LogP contribution in [0, 0.1) is 5.82 Å².